The number of hydrogen-bond acceptors (Lipinski definition) is 1. The van der Waals surface area contributed by atoms with E-state index in [1.807, 2.05) is 0 Å². The summed E-state index contributed by atoms with van der Waals surface area (Å²) in [6.07, 6.45) is 8.73. The molecule has 112 valence electrons. The Bertz CT molecular complexity index is 432. The second-order valence-corrected chi connectivity index (χ2v) is 4.53. The molecule has 0 N–H and O–H groups in total. The fourth-order valence-electron chi connectivity index (χ4n) is 2.16. The molecule has 0 aromatic heterocycles. The molecule has 2 rings (SSSR count). The van der Waals surface area contributed by atoms with Crippen molar-refractivity contribution in [1.82, 2.24) is 4.90 Å². The van der Waals surface area contributed by atoms with Crippen molar-refractivity contribution in [2.75, 3.05) is 14.1 Å². The average molecular weight is 370 g/mol. The van der Waals surface area contributed by atoms with Gasteiger partial charge < -0.3 is 0 Å². The van der Waals surface area contributed by atoms with Crippen molar-refractivity contribution in [3.63, 3.8) is 0 Å². The molecule has 1 unspecified atom stereocenters. The third kappa shape index (κ3) is 4.91. The van der Waals surface area contributed by atoms with Gasteiger partial charge >= 0.3 is 0 Å². The molecule has 1 aromatic carbocycles. The Morgan fingerprint density at radius 2 is 1.60 bits per heavy atom. The number of hydrogen-bond donors (Lipinski definition) is 0. The molecule has 0 aliphatic heterocycles. The molecule has 0 fully saturated rings. The van der Waals surface area contributed by atoms with E-state index in [2.05, 4.69) is 74.5 Å². The number of likely N-dealkylation sites (N-methyl/N-ethyl adjacent to an activating group) is 1. The van der Waals surface area contributed by atoms with Gasteiger partial charge in [-0.1, -0.05) is 30.3 Å². The molecule has 20 heavy (non-hydrogen) atoms. The van der Waals surface area contributed by atoms with Crippen molar-refractivity contribution in [3.8, 4) is 0 Å². The van der Waals surface area contributed by atoms with E-state index < -0.39 is 0 Å². The largest absolute Gasteiger partial charge is 0.299 e. The minimum atomic E-state index is -0.0751. The smallest absolute Gasteiger partial charge is 0.0348 e. The van der Waals surface area contributed by atoms with Crippen LogP contribution in [0.5, 0.6) is 0 Å². The van der Waals surface area contributed by atoms with Gasteiger partial charge in [0, 0.05) is 27.3 Å². The third-order valence-corrected chi connectivity index (χ3v) is 3.45. The summed E-state index contributed by atoms with van der Waals surface area (Å²) in [5, 5.41) is 0. The molecule has 0 saturated carbocycles. The molecule has 0 saturated heterocycles. The van der Waals surface area contributed by atoms with Crippen LogP contribution in [0.2, 0.25) is 0 Å². The van der Waals surface area contributed by atoms with Crippen LogP contribution in [-0.2, 0) is 27.3 Å². The number of rotatable bonds is 3. The Hall–Kier alpha value is 0.244. The normalized spacial score (nSPS) is 14.9. The Kier molecular flexibility index (Phi) is 13.7. The van der Waals surface area contributed by atoms with Crippen molar-refractivity contribution in [3.05, 3.63) is 59.7 Å². The zero-order valence-electron chi connectivity index (χ0n) is 11.9. The van der Waals surface area contributed by atoms with E-state index in [0.717, 1.165) is 6.42 Å². The topological polar surface area (TPSA) is 3.24 Å². The van der Waals surface area contributed by atoms with E-state index in [1.165, 1.54) is 11.1 Å². The third-order valence-electron chi connectivity index (χ3n) is 3.45. The minimum Gasteiger partial charge on any atom is -0.299 e. The van der Waals surface area contributed by atoms with E-state index >= 15 is 0 Å². The predicted molar refractivity (Wildman–Crippen MR) is 89.7 cm³/mol. The number of halogens is 3. The number of benzene rings is 1. The fraction of sp³-hybridized carbons (Fsp3) is 0.333. The molecule has 1 aliphatic rings. The minimum absolute atomic E-state index is 0. The molecule has 0 heterocycles. The first-order valence-electron chi connectivity index (χ1n) is 5.66. The van der Waals surface area contributed by atoms with Crippen molar-refractivity contribution in [2.45, 2.75) is 18.9 Å². The van der Waals surface area contributed by atoms with Gasteiger partial charge in [0.1, 0.15) is 0 Å². The Balaban J connectivity index is -0.000000722. The van der Waals surface area contributed by atoms with Gasteiger partial charge in [-0.25, -0.2) is 6.08 Å². The van der Waals surface area contributed by atoms with Crippen LogP contribution < -0.4 is 0 Å². The standard InChI is InChI=1S/C15H18N.3ClH.Ti/c1-15(16(2)3,14-11-7-8-12-14)13-9-5-4-6-10-13;;;;/h4-7,9-11H,8H2,1-3H3;3*1H;/q-1;;;;. The maximum absolute atomic E-state index is 3.44. The zero-order valence-corrected chi connectivity index (χ0v) is 15.9. The second-order valence-electron chi connectivity index (χ2n) is 4.53. The molecule has 0 amide bonds. The molecule has 0 radical (unpaired) electrons. The molecule has 1 atom stereocenters. The van der Waals surface area contributed by atoms with E-state index in [0.29, 0.717) is 0 Å². The average Bonchev–Trinajstić information content (AvgIpc) is 2.82. The zero-order chi connectivity index (χ0) is 11.6. The van der Waals surface area contributed by atoms with Gasteiger partial charge in [-0.3, -0.25) is 11.0 Å². The quantitative estimate of drug-likeness (QED) is 0.563. The van der Waals surface area contributed by atoms with Gasteiger partial charge in [0.25, 0.3) is 0 Å². The molecule has 5 heteroatoms. The summed E-state index contributed by atoms with van der Waals surface area (Å²) < 4.78 is 0. The van der Waals surface area contributed by atoms with E-state index in [1.54, 1.807) is 0 Å². The molecule has 0 bridgehead atoms. The van der Waals surface area contributed by atoms with Crippen molar-refractivity contribution >= 4 is 37.2 Å². The first-order chi connectivity index (χ1) is 7.65. The van der Waals surface area contributed by atoms with Crippen LogP contribution in [0, 0.1) is 6.08 Å². The molecule has 1 nitrogen and oxygen atoms in total. The van der Waals surface area contributed by atoms with Crippen molar-refractivity contribution in [2.24, 2.45) is 0 Å². The summed E-state index contributed by atoms with van der Waals surface area (Å²) >= 11 is 0. The maximum Gasteiger partial charge on any atom is 0.0348 e. The predicted octanol–water partition coefficient (Wildman–Crippen LogP) is 4.42. The molecule has 0 spiro atoms. The summed E-state index contributed by atoms with van der Waals surface area (Å²) in [7, 11) is 4.24. The van der Waals surface area contributed by atoms with Crippen LogP contribution in [0.25, 0.3) is 0 Å². The van der Waals surface area contributed by atoms with Gasteiger partial charge in [0.15, 0.2) is 0 Å². The summed E-state index contributed by atoms with van der Waals surface area (Å²) in [5.41, 5.74) is 2.51. The van der Waals surface area contributed by atoms with Crippen LogP contribution in [0.4, 0.5) is 0 Å². The van der Waals surface area contributed by atoms with Crippen LogP contribution in [0.3, 0.4) is 0 Å². The molecule has 1 aromatic rings. The fourth-order valence-corrected chi connectivity index (χ4v) is 2.16. The molecular weight excluding hydrogens is 348 g/mol. The van der Waals surface area contributed by atoms with Gasteiger partial charge in [0.2, 0.25) is 0 Å². The summed E-state index contributed by atoms with van der Waals surface area (Å²) in [6.45, 7) is 2.25. The van der Waals surface area contributed by atoms with E-state index in [-0.39, 0.29) is 64.5 Å². The molecule has 1 aliphatic carbocycles. The Morgan fingerprint density at radius 3 is 2.00 bits per heavy atom. The monoisotopic (exact) mass is 368 g/mol. The summed E-state index contributed by atoms with van der Waals surface area (Å²) in [5.74, 6) is 0. The maximum atomic E-state index is 3.44. The van der Waals surface area contributed by atoms with Gasteiger partial charge in [-0.15, -0.1) is 43.6 Å². The first kappa shape index (κ1) is 25.2. The Labute approximate surface area is 156 Å². The van der Waals surface area contributed by atoms with Crippen molar-refractivity contribution < 1.29 is 21.7 Å². The van der Waals surface area contributed by atoms with Crippen LogP contribution in [-0.4, -0.2) is 19.0 Å². The molecular formula is C15H21Cl3NTi-. The number of allylic oxidation sites excluding steroid dienone is 2. The Morgan fingerprint density at radius 1 is 1.05 bits per heavy atom. The first-order valence-corrected chi connectivity index (χ1v) is 5.66. The SMILES string of the molecule is CN(C)C(C)(C1=[C-]CC=C1)c1ccccc1.Cl.Cl.Cl.[Ti]. The second kappa shape index (κ2) is 10.9. The van der Waals surface area contributed by atoms with Crippen molar-refractivity contribution in [1.29, 1.82) is 0 Å². The summed E-state index contributed by atoms with van der Waals surface area (Å²) in [4.78, 5) is 2.25. The van der Waals surface area contributed by atoms with E-state index in [4.69, 9.17) is 0 Å². The summed E-state index contributed by atoms with van der Waals surface area (Å²) in [6, 6.07) is 10.6. The van der Waals surface area contributed by atoms with Gasteiger partial charge in [-0.05, 0) is 26.6 Å². The van der Waals surface area contributed by atoms with Gasteiger partial charge in [-0.2, -0.15) is 11.6 Å². The van der Waals surface area contributed by atoms with Crippen LogP contribution in [0.1, 0.15) is 18.9 Å². The number of nitrogens with zero attached hydrogens (tertiary/aromatic N) is 1. The van der Waals surface area contributed by atoms with Gasteiger partial charge in [0.05, 0.1) is 0 Å². The van der Waals surface area contributed by atoms with Crippen LogP contribution in [0.15, 0.2) is 48.1 Å². The van der Waals surface area contributed by atoms with E-state index in [9.17, 15) is 0 Å². The van der Waals surface area contributed by atoms with Crippen LogP contribution >= 0.6 is 37.2 Å².